The molecule has 128 valence electrons. The van der Waals surface area contributed by atoms with E-state index < -0.39 is 0 Å². The number of thiophene rings is 1. The molecule has 0 fully saturated rings. The highest BCUT2D eigenvalue weighted by Crippen LogP contribution is 2.17. The third-order valence-corrected chi connectivity index (χ3v) is 4.46. The topological polar surface area (TPSA) is 54.2 Å². The molecule has 0 amide bonds. The highest BCUT2D eigenvalue weighted by Gasteiger charge is 2.00. The molecule has 0 aliphatic rings. The summed E-state index contributed by atoms with van der Waals surface area (Å²) in [5.41, 5.74) is 0. The number of guanidine groups is 1. The lowest BCUT2D eigenvalue weighted by molar-refractivity contribution is 0.625. The summed E-state index contributed by atoms with van der Waals surface area (Å²) in [6.45, 7) is 7.75. The number of halogens is 1. The Morgan fingerprint density at radius 2 is 2.09 bits per heavy atom. The lowest BCUT2D eigenvalue weighted by Gasteiger charge is -2.11. The monoisotopic (exact) mass is 447 g/mol. The molecule has 0 unspecified atom stereocenters. The van der Waals surface area contributed by atoms with E-state index in [2.05, 4.69) is 51.2 Å². The Bertz CT molecular complexity index is 565. The minimum absolute atomic E-state index is 0. The van der Waals surface area contributed by atoms with Gasteiger partial charge in [-0.3, -0.25) is 0 Å². The van der Waals surface area contributed by atoms with Crippen LogP contribution in [0.4, 0.5) is 0 Å². The van der Waals surface area contributed by atoms with Gasteiger partial charge in [0.05, 0.1) is 12.9 Å². The molecule has 0 radical (unpaired) electrons. The SMILES string of the molecule is CCNC(=NCc1ccc(CC)s1)NCCCn1ccnc1.I. The molecule has 5 nitrogen and oxygen atoms in total. The fourth-order valence-electron chi connectivity index (χ4n) is 2.08. The number of aliphatic imine (C=N–C) groups is 1. The molecule has 2 N–H and O–H groups in total. The molecule has 0 aromatic carbocycles. The van der Waals surface area contributed by atoms with Gasteiger partial charge in [-0.2, -0.15) is 0 Å². The normalized spacial score (nSPS) is 11.1. The molecule has 2 aromatic rings. The third-order valence-electron chi connectivity index (χ3n) is 3.25. The van der Waals surface area contributed by atoms with Crippen molar-refractivity contribution in [2.45, 2.75) is 39.8 Å². The number of rotatable bonds is 8. The Hall–Kier alpha value is -1.09. The summed E-state index contributed by atoms with van der Waals surface area (Å²) in [4.78, 5) is 11.4. The number of nitrogens with one attached hydrogen (secondary N) is 2. The van der Waals surface area contributed by atoms with E-state index in [1.165, 1.54) is 9.75 Å². The fraction of sp³-hybridized carbons (Fsp3) is 0.500. The van der Waals surface area contributed by atoms with Gasteiger partial charge in [0, 0.05) is 41.8 Å². The van der Waals surface area contributed by atoms with Crippen LogP contribution in [0.5, 0.6) is 0 Å². The van der Waals surface area contributed by atoms with Crippen LogP contribution in [0.25, 0.3) is 0 Å². The summed E-state index contributed by atoms with van der Waals surface area (Å²) in [5, 5.41) is 6.68. The van der Waals surface area contributed by atoms with Crippen molar-refractivity contribution in [1.29, 1.82) is 0 Å². The summed E-state index contributed by atoms with van der Waals surface area (Å²) >= 11 is 1.85. The zero-order chi connectivity index (χ0) is 15.6. The quantitative estimate of drug-likeness (QED) is 0.283. The first-order chi connectivity index (χ1) is 10.8. The van der Waals surface area contributed by atoms with Crippen LogP contribution in [0, 0.1) is 0 Å². The predicted octanol–water partition coefficient (Wildman–Crippen LogP) is 3.27. The van der Waals surface area contributed by atoms with E-state index in [0.29, 0.717) is 0 Å². The van der Waals surface area contributed by atoms with Crippen LogP contribution in [0.2, 0.25) is 0 Å². The molecular weight excluding hydrogens is 421 g/mol. The van der Waals surface area contributed by atoms with E-state index >= 15 is 0 Å². The van der Waals surface area contributed by atoms with Crippen LogP contribution in [0.15, 0.2) is 35.8 Å². The summed E-state index contributed by atoms with van der Waals surface area (Å²) in [5.74, 6) is 0.888. The van der Waals surface area contributed by atoms with Gasteiger partial charge in [0.15, 0.2) is 5.96 Å². The minimum Gasteiger partial charge on any atom is -0.357 e. The molecule has 0 atom stereocenters. The first kappa shape index (κ1) is 20.0. The summed E-state index contributed by atoms with van der Waals surface area (Å²) in [7, 11) is 0. The van der Waals surface area contributed by atoms with Gasteiger partial charge in [0.25, 0.3) is 0 Å². The lowest BCUT2D eigenvalue weighted by Crippen LogP contribution is -2.38. The molecule has 0 saturated heterocycles. The highest BCUT2D eigenvalue weighted by molar-refractivity contribution is 14.0. The number of aryl methyl sites for hydroxylation is 2. The number of hydrogen-bond acceptors (Lipinski definition) is 3. The molecular formula is C16H26IN5S. The molecule has 2 heterocycles. The number of imidazole rings is 1. The van der Waals surface area contributed by atoms with E-state index in [1.54, 1.807) is 0 Å². The van der Waals surface area contributed by atoms with E-state index in [4.69, 9.17) is 0 Å². The van der Waals surface area contributed by atoms with Crippen molar-refractivity contribution in [3.8, 4) is 0 Å². The maximum Gasteiger partial charge on any atom is 0.191 e. The Morgan fingerprint density at radius 3 is 2.74 bits per heavy atom. The van der Waals surface area contributed by atoms with Gasteiger partial charge < -0.3 is 15.2 Å². The third kappa shape index (κ3) is 7.34. The summed E-state index contributed by atoms with van der Waals surface area (Å²) < 4.78 is 2.09. The Labute approximate surface area is 159 Å². The smallest absolute Gasteiger partial charge is 0.191 e. The molecule has 7 heteroatoms. The molecule has 0 aliphatic carbocycles. The molecule has 0 saturated carbocycles. The first-order valence-corrected chi connectivity index (χ1v) is 8.69. The molecule has 0 spiro atoms. The fourth-order valence-corrected chi connectivity index (χ4v) is 2.97. The number of nitrogens with zero attached hydrogens (tertiary/aromatic N) is 3. The largest absolute Gasteiger partial charge is 0.357 e. The van der Waals surface area contributed by atoms with E-state index in [-0.39, 0.29) is 24.0 Å². The predicted molar refractivity (Wildman–Crippen MR) is 109 cm³/mol. The van der Waals surface area contributed by atoms with Gasteiger partial charge in [0.2, 0.25) is 0 Å². The maximum atomic E-state index is 4.65. The van der Waals surface area contributed by atoms with Crippen LogP contribution in [0.3, 0.4) is 0 Å². The summed E-state index contributed by atoms with van der Waals surface area (Å²) in [6.07, 6.45) is 7.79. The number of aromatic nitrogens is 2. The van der Waals surface area contributed by atoms with Crippen LogP contribution >= 0.6 is 35.3 Å². The average Bonchev–Trinajstić information content (AvgIpc) is 3.20. The van der Waals surface area contributed by atoms with Crippen LogP contribution in [0.1, 0.15) is 30.0 Å². The van der Waals surface area contributed by atoms with Gasteiger partial charge in [-0.25, -0.2) is 9.98 Å². The Morgan fingerprint density at radius 1 is 1.26 bits per heavy atom. The van der Waals surface area contributed by atoms with Crippen molar-refractivity contribution in [2.24, 2.45) is 4.99 Å². The van der Waals surface area contributed by atoms with Gasteiger partial charge in [-0.1, -0.05) is 6.92 Å². The van der Waals surface area contributed by atoms with E-state index in [1.807, 2.05) is 30.1 Å². The second kappa shape index (κ2) is 11.4. The maximum absolute atomic E-state index is 4.65. The van der Waals surface area contributed by atoms with Crippen molar-refractivity contribution in [1.82, 2.24) is 20.2 Å². The zero-order valence-corrected chi connectivity index (χ0v) is 16.9. The molecule has 0 aliphatic heterocycles. The van der Waals surface area contributed by atoms with Gasteiger partial charge >= 0.3 is 0 Å². The van der Waals surface area contributed by atoms with Crippen LogP contribution in [-0.2, 0) is 19.5 Å². The number of hydrogen-bond donors (Lipinski definition) is 2. The minimum atomic E-state index is 0. The highest BCUT2D eigenvalue weighted by atomic mass is 127. The molecule has 2 aromatic heterocycles. The first-order valence-electron chi connectivity index (χ1n) is 7.87. The molecule has 2 rings (SSSR count). The van der Waals surface area contributed by atoms with Crippen molar-refractivity contribution >= 4 is 41.3 Å². The van der Waals surface area contributed by atoms with Crippen molar-refractivity contribution < 1.29 is 0 Å². The van der Waals surface area contributed by atoms with Gasteiger partial charge in [-0.15, -0.1) is 35.3 Å². The van der Waals surface area contributed by atoms with E-state index in [0.717, 1.165) is 45.0 Å². The standard InChI is InChI=1S/C16H25N5S.HI/c1-3-14-6-7-15(22-14)12-20-16(18-4-2)19-8-5-10-21-11-9-17-13-21;/h6-7,9,11,13H,3-5,8,10,12H2,1-2H3,(H2,18,19,20);1H. The van der Waals surface area contributed by atoms with Crippen molar-refractivity contribution in [3.63, 3.8) is 0 Å². The van der Waals surface area contributed by atoms with Crippen molar-refractivity contribution in [2.75, 3.05) is 13.1 Å². The van der Waals surface area contributed by atoms with Gasteiger partial charge in [0.1, 0.15) is 0 Å². The average molecular weight is 447 g/mol. The lowest BCUT2D eigenvalue weighted by atomic mass is 10.4. The van der Waals surface area contributed by atoms with Crippen molar-refractivity contribution in [3.05, 3.63) is 40.6 Å². The summed E-state index contributed by atoms with van der Waals surface area (Å²) in [6, 6.07) is 4.37. The van der Waals surface area contributed by atoms with Crippen LogP contribution in [-0.4, -0.2) is 28.6 Å². The Kier molecular flexibility index (Phi) is 9.93. The second-order valence-electron chi connectivity index (χ2n) is 5.00. The van der Waals surface area contributed by atoms with E-state index in [9.17, 15) is 0 Å². The Balaban J connectivity index is 0.00000264. The molecule has 0 bridgehead atoms. The molecule has 23 heavy (non-hydrogen) atoms. The van der Waals surface area contributed by atoms with Gasteiger partial charge in [-0.05, 0) is 31.9 Å². The second-order valence-corrected chi connectivity index (χ2v) is 6.25. The van der Waals surface area contributed by atoms with Crippen LogP contribution < -0.4 is 10.6 Å². The zero-order valence-electron chi connectivity index (χ0n) is 13.8.